The third kappa shape index (κ3) is 3.04. The van der Waals surface area contributed by atoms with Crippen LogP contribution in [0.15, 0.2) is 29.9 Å². The maximum absolute atomic E-state index is 9.28. The summed E-state index contributed by atoms with van der Waals surface area (Å²) in [6.07, 6.45) is 4.25. The van der Waals surface area contributed by atoms with E-state index in [0.29, 0.717) is 18.2 Å². The standard InChI is InChI=1S/C19H19N9S/c1-12-7-15(26-25-12)23-18-22-14-3-6-29-17(14)16(24-18)13-8-21-28(9-13)19(4-5-20)10-27(2)11-19/h3,6-9H,4,10-11H2,1-2H3,(H2,22,23,24,25,26). The van der Waals surface area contributed by atoms with Gasteiger partial charge in [0.1, 0.15) is 5.54 Å². The van der Waals surface area contributed by atoms with E-state index < -0.39 is 0 Å². The number of rotatable bonds is 5. The van der Waals surface area contributed by atoms with E-state index in [-0.39, 0.29) is 5.54 Å². The molecule has 146 valence electrons. The summed E-state index contributed by atoms with van der Waals surface area (Å²) in [6.45, 7) is 3.56. The van der Waals surface area contributed by atoms with Crippen molar-refractivity contribution in [1.82, 2.24) is 34.8 Å². The third-order valence-corrected chi connectivity index (χ3v) is 6.04. The number of aromatic nitrogens is 6. The number of aromatic amines is 1. The Hall–Kier alpha value is -3.29. The predicted molar refractivity (Wildman–Crippen MR) is 111 cm³/mol. The molecule has 1 fully saturated rings. The van der Waals surface area contributed by atoms with Gasteiger partial charge in [0.25, 0.3) is 0 Å². The van der Waals surface area contributed by atoms with Crippen LogP contribution in [0.1, 0.15) is 12.1 Å². The van der Waals surface area contributed by atoms with Crippen LogP contribution in [0, 0.1) is 18.3 Å². The fourth-order valence-electron chi connectivity index (χ4n) is 3.86. The second kappa shape index (κ2) is 6.65. The van der Waals surface area contributed by atoms with Crippen molar-refractivity contribution in [3.8, 4) is 17.3 Å². The SMILES string of the molecule is Cc1cc(Nc2nc(-c3cnn(C4(CC#N)CN(C)C4)c3)c3sccc3n2)n[nH]1. The van der Waals surface area contributed by atoms with Gasteiger partial charge in [0.15, 0.2) is 5.82 Å². The van der Waals surface area contributed by atoms with Gasteiger partial charge >= 0.3 is 0 Å². The van der Waals surface area contributed by atoms with Crippen molar-refractivity contribution in [1.29, 1.82) is 5.26 Å². The van der Waals surface area contributed by atoms with E-state index in [9.17, 15) is 5.26 Å². The zero-order valence-electron chi connectivity index (χ0n) is 16.0. The highest BCUT2D eigenvalue weighted by atomic mass is 32.1. The minimum absolute atomic E-state index is 0.267. The molecule has 0 amide bonds. The molecule has 4 aromatic rings. The lowest BCUT2D eigenvalue weighted by Gasteiger charge is -2.47. The molecule has 0 saturated carbocycles. The molecule has 1 aliphatic rings. The van der Waals surface area contributed by atoms with Crippen molar-refractivity contribution in [3.63, 3.8) is 0 Å². The van der Waals surface area contributed by atoms with Gasteiger partial charge in [0, 0.05) is 36.6 Å². The van der Waals surface area contributed by atoms with E-state index in [0.717, 1.165) is 40.3 Å². The summed E-state index contributed by atoms with van der Waals surface area (Å²) in [4.78, 5) is 11.5. The van der Waals surface area contributed by atoms with Gasteiger partial charge in [-0.25, -0.2) is 9.97 Å². The lowest BCUT2D eigenvalue weighted by Crippen LogP contribution is -2.61. The maximum Gasteiger partial charge on any atom is 0.229 e. The van der Waals surface area contributed by atoms with Gasteiger partial charge in [0.2, 0.25) is 5.95 Å². The lowest BCUT2D eigenvalue weighted by molar-refractivity contribution is 0.0265. The molecule has 2 N–H and O–H groups in total. The predicted octanol–water partition coefficient (Wildman–Crippen LogP) is 2.88. The zero-order valence-corrected chi connectivity index (χ0v) is 16.9. The molecule has 10 heteroatoms. The van der Waals surface area contributed by atoms with Crippen LogP contribution in [-0.4, -0.2) is 55.0 Å². The van der Waals surface area contributed by atoms with Crippen LogP contribution < -0.4 is 5.32 Å². The van der Waals surface area contributed by atoms with E-state index in [4.69, 9.17) is 4.98 Å². The average molecular weight is 405 g/mol. The highest BCUT2D eigenvalue weighted by Crippen LogP contribution is 2.35. The van der Waals surface area contributed by atoms with Crippen LogP contribution in [0.25, 0.3) is 21.5 Å². The first-order valence-corrected chi connectivity index (χ1v) is 10.1. The molecule has 0 spiro atoms. The van der Waals surface area contributed by atoms with Gasteiger partial charge in [-0.1, -0.05) is 0 Å². The fraction of sp³-hybridized carbons (Fsp3) is 0.316. The summed E-state index contributed by atoms with van der Waals surface area (Å²) in [5.41, 5.74) is 3.30. The van der Waals surface area contributed by atoms with Gasteiger partial charge in [-0.05, 0) is 25.4 Å². The summed E-state index contributed by atoms with van der Waals surface area (Å²) < 4.78 is 2.94. The molecular formula is C19H19N9S. The Morgan fingerprint density at radius 2 is 2.24 bits per heavy atom. The van der Waals surface area contributed by atoms with Gasteiger partial charge in [0.05, 0.1) is 34.6 Å². The van der Waals surface area contributed by atoms with Gasteiger partial charge in [-0.3, -0.25) is 9.78 Å². The number of likely N-dealkylation sites (N-methyl/N-ethyl adjacent to an activating group) is 1. The molecule has 0 aromatic carbocycles. The largest absolute Gasteiger partial charge is 0.307 e. The maximum atomic E-state index is 9.28. The highest BCUT2D eigenvalue weighted by Gasteiger charge is 2.43. The summed E-state index contributed by atoms with van der Waals surface area (Å²) in [5, 5.41) is 26.2. The molecule has 9 nitrogen and oxygen atoms in total. The Morgan fingerprint density at radius 1 is 1.38 bits per heavy atom. The quantitative estimate of drug-likeness (QED) is 0.525. The van der Waals surface area contributed by atoms with Crippen LogP contribution in [0.4, 0.5) is 11.8 Å². The number of hydrogen-bond donors (Lipinski definition) is 2. The molecule has 5 heterocycles. The fourth-order valence-corrected chi connectivity index (χ4v) is 4.70. The number of thiophene rings is 1. The second-order valence-electron chi connectivity index (χ2n) is 7.50. The first-order valence-electron chi connectivity index (χ1n) is 9.22. The van der Waals surface area contributed by atoms with E-state index in [1.807, 2.05) is 48.6 Å². The number of anilines is 2. The number of nitriles is 1. The van der Waals surface area contributed by atoms with Crippen molar-refractivity contribution in [2.24, 2.45) is 0 Å². The van der Waals surface area contributed by atoms with Gasteiger partial charge in [-0.2, -0.15) is 15.5 Å². The van der Waals surface area contributed by atoms with Crippen LogP contribution in [0.2, 0.25) is 0 Å². The molecule has 4 aromatic heterocycles. The minimum Gasteiger partial charge on any atom is -0.307 e. The van der Waals surface area contributed by atoms with E-state index in [2.05, 4.69) is 36.6 Å². The summed E-state index contributed by atoms with van der Waals surface area (Å²) in [7, 11) is 2.05. The molecule has 1 aliphatic heterocycles. The topological polar surface area (TPSA) is 111 Å². The Bertz CT molecular complexity index is 1220. The highest BCUT2D eigenvalue weighted by molar-refractivity contribution is 7.17. The molecule has 0 atom stereocenters. The number of fused-ring (bicyclic) bond motifs is 1. The molecule has 0 unspecified atom stereocenters. The number of H-pyrrole nitrogens is 1. The van der Waals surface area contributed by atoms with Gasteiger partial charge in [-0.15, -0.1) is 11.3 Å². The van der Waals surface area contributed by atoms with Crippen LogP contribution in [0.5, 0.6) is 0 Å². The summed E-state index contributed by atoms with van der Waals surface area (Å²) in [6, 6.07) is 6.19. The Morgan fingerprint density at radius 3 is 2.97 bits per heavy atom. The molecule has 1 saturated heterocycles. The number of aryl methyl sites for hydroxylation is 1. The molecule has 5 rings (SSSR count). The molecule has 0 aliphatic carbocycles. The normalized spacial score (nSPS) is 15.9. The van der Waals surface area contributed by atoms with Crippen molar-refractivity contribution >= 4 is 33.3 Å². The number of hydrogen-bond acceptors (Lipinski definition) is 8. The number of likely N-dealkylation sites (tertiary alicyclic amines) is 1. The first-order chi connectivity index (χ1) is 14.1. The molecule has 0 radical (unpaired) electrons. The first kappa shape index (κ1) is 17.8. The van der Waals surface area contributed by atoms with Crippen LogP contribution >= 0.6 is 11.3 Å². The Labute approximate surface area is 171 Å². The zero-order chi connectivity index (χ0) is 20.0. The molecule has 0 bridgehead atoms. The van der Waals surface area contributed by atoms with Crippen molar-refractivity contribution in [2.75, 3.05) is 25.5 Å². The lowest BCUT2D eigenvalue weighted by atomic mass is 9.87. The van der Waals surface area contributed by atoms with Gasteiger partial charge < -0.3 is 10.2 Å². The number of nitrogens with one attached hydrogen (secondary N) is 2. The minimum atomic E-state index is -0.267. The Balaban J connectivity index is 1.54. The smallest absolute Gasteiger partial charge is 0.229 e. The Kier molecular flexibility index (Phi) is 4.08. The summed E-state index contributed by atoms with van der Waals surface area (Å²) >= 11 is 1.60. The van der Waals surface area contributed by atoms with Crippen LogP contribution in [-0.2, 0) is 5.54 Å². The summed E-state index contributed by atoms with van der Waals surface area (Å²) in [5.74, 6) is 1.16. The molecule has 29 heavy (non-hydrogen) atoms. The second-order valence-corrected chi connectivity index (χ2v) is 8.41. The van der Waals surface area contributed by atoms with Crippen molar-refractivity contribution in [3.05, 3.63) is 35.6 Å². The monoisotopic (exact) mass is 405 g/mol. The molecular weight excluding hydrogens is 386 g/mol. The number of nitrogens with zero attached hydrogens (tertiary/aromatic N) is 7. The van der Waals surface area contributed by atoms with Crippen molar-refractivity contribution < 1.29 is 0 Å². The third-order valence-electron chi connectivity index (χ3n) is 5.13. The van der Waals surface area contributed by atoms with E-state index >= 15 is 0 Å². The van der Waals surface area contributed by atoms with E-state index in [1.54, 1.807) is 11.3 Å². The van der Waals surface area contributed by atoms with Crippen LogP contribution in [0.3, 0.4) is 0 Å². The van der Waals surface area contributed by atoms with E-state index in [1.165, 1.54) is 0 Å². The van der Waals surface area contributed by atoms with Crippen molar-refractivity contribution in [2.45, 2.75) is 18.9 Å². The average Bonchev–Trinajstić information content (AvgIpc) is 3.40.